The quantitative estimate of drug-likeness (QED) is 0.544. The van der Waals surface area contributed by atoms with E-state index >= 15 is 0 Å². The molecule has 0 atom stereocenters. The van der Waals surface area contributed by atoms with Crippen LogP contribution in [0.5, 0.6) is 0 Å². The molecule has 0 aromatic heterocycles. The molecule has 1 aromatic rings. The first-order valence-electron chi connectivity index (χ1n) is 6.57. The summed E-state index contributed by atoms with van der Waals surface area (Å²) in [6.45, 7) is 1.35. The molecule has 102 valence electrons. The average molecular weight is 260 g/mol. The van der Waals surface area contributed by atoms with E-state index in [1.54, 1.807) is 18.2 Å². The Morgan fingerprint density at radius 2 is 2.16 bits per heavy atom. The Hall–Kier alpha value is -2.04. The number of guanidine groups is 1. The lowest BCUT2D eigenvalue weighted by molar-refractivity contribution is 0.1000. The Labute approximate surface area is 113 Å². The topological polar surface area (TPSA) is 93.5 Å². The molecule has 2 rings (SSSR count). The molecule has 1 aliphatic carbocycles. The summed E-state index contributed by atoms with van der Waals surface area (Å²) in [7, 11) is 0. The maximum atomic E-state index is 11.1. The van der Waals surface area contributed by atoms with Crippen LogP contribution in [-0.4, -0.2) is 18.4 Å². The number of benzene rings is 1. The van der Waals surface area contributed by atoms with E-state index in [-0.39, 0.29) is 0 Å². The van der Waals surface area contributed by atoms with Crippen LogP contribution < -0.4 is 16.8 Å². The van der Waals surface area contributed by atoms with E-state index in [0.29, 0.717) is 18.1 Å². The number of carbonyl (C=O) groups is 1. The van der Waals surface area contributed by atoms with E-state index in [2.05, 4.69) is 10.3 Å². The summed E-state index contributed by atoms with van der Waals surface area (Å²) < 4.78 is 0. The molecule has 1 aliphatic rings. The molecule has 19 heavy (non-hydrogen) atoms. The van der Waals surface area contributed by atoms with Gasteiger partial charge in [-0.25, -0.2) is 4.99 Å². The molecule has 1 saturated carbocycles. The maximum Gasteiger partial charge on any atom is 0.248 e. The molecule has 1 aromatic carbocycles. The third-order valence-corrected chi connectivity index (χ3v) is 3.44. The van der Waals surface area contributed by atoms with Crippen molar-refractivity contribution in [3.05, 3.63) is 35.4 Å². The van der Waals surface area contributed by atoms with Crippen molar-refractivity contribution < 1.29 is 4.79 Å². The number of aliphatic imine (C=N–C) groups is 1. The van der Waals surface area contributed by atoms with Gasteiger partial charge in [0.25, 0.3) is 0 Å². The average Bonchev–Trinajstić information content (AvgIpc) is 2.35. The summed E-state index contributed by atoms with van der Waals surface area (Å²) in [6, 6.07) is 7.12. The fourth-order valence-corrected chi connectivity index (χ4v) is 2.00. The molecule has 0 unspecified atom stereocenters. The molecule has 5 heteroatoms. The van der Waals surface area contributed by atoms with Gasteiger partial charge in [-0.15, -0.1) is 0 Å². The zero-order valence-corrected chi connectivity index (χ0v) is 10.9. The van der Waals surface area contributed by atoms with Crippen LogP contribution in [0.3, 0.4) is 0 Å². The highest BCUT2D eigenvalue weighted by Gasteiger charge is 2.16. The smallest absolute Gasteiger partial charge is 0.248 e. The number of amides is 1. The van der Waals surface area contributed by atoms with Gasteiger partial charge >= 0.3 is 0 Å². The van der Waals surface area contributed by atoms with Crippen LogP contribution in [0.15, 0.2) is 29.3 Å². The number of nitrogens with zero attached hydrogens (tertiary/aromatic N) is 1. The van der Waals surface area contributed by atoms with Crippen molar-refractivity contribution >= 4 is 11.9 Å². The minimum atomic E-state index is -0.429. The SMILES string of the molecule is NC(=O)c1cccc(CN=C(N)NCC2CCC2)c1. The van der Waals surface area contributed by atoms with Crippen LogP contribution >= 0.6 is 0 Å². The Balaban J connectivity index is 1.85. The summed E-state index contributed by atoms with van der Waals surface area (Å²) in [5, 5.41) is 3.13. The fourth-order valence-electron chi connectivity index (χ4n) is 2.00. The minimum Gasteiger partial charge on any atom is -0.370 e. The van der Waals surface area contributed by atoms with E-state index in [9.17, 15) is 4.79 Å². The predicted molar refractivity (Wildman–Crippen MR) is 75.6 cm³/mol. The highest BCUT2D eigenvalue weighted by atomic mass is 16.1. The highest BCUT2D eigenvalue weighted by Crippen LogP contribution is 2.24. The Bertz CT molecular complexity index is 480. The second-order valence-corrected chi connectivity index (χ2v) is 4.94. The number of primary amides is 1. The van der Waals surface area contributed by atoms with Crippen LogP contribution in [0.25, 0.3) is 0 Å². The lowest BCUT2D eigenvalue weighted by atomic mass is 9.85. The summed E-state index contributed by atoms with van der Waals surface area (Å²) in [6.07, 6.45) is 3.88. The Morgan fingerprint density at radius 3 is 2.79 bits per heavy atom. The standard InChI is InChI=1S/C14H20N4O/c15-13(19)12-6-2-5-11(7-12)9-18-14(16)17-8-10-3-1-4-10/h2,5-7,10H,1,3-4,8-9H2,(H2,15,19)(H3,16,17,18). The first-order chi connectivity index (χ1) is 9.15. The molecule has 0 spiro atoms. The summed E-state index contributed by atoms with van der Waals surface area (Å²) in [4.78, 5) is 15.3. The summed E-state index contributed by atoms with van der Waals surface area (Å²) in [5.74, 6) is 0.769. The van der Waals surface area contributed by atoms with Gasteiger partial charge in [-0.1, -0.05) is 18.6 Å². The number of hydrogen-bond donors (Lipinski definition) is 3. The summed E-state index contributed by atoms with van der Waals surface area (Å²) >= 11 is 0. The van der Waals surface area contributed by atoms with Gasteiger partial charge in [-0.2, -0.15) is 0 Å². The number of hydrogen-bond acceptors (Lipinski definition) is 2. The first kappa shape index (κ1) is 13.4. The monoisotopic (exact) mass is 260 g/mol. The molecule has 0 heterocycles. The molecule has 0 radical (unpaired) electrons. The predicted octanol–water partition coefficient (Wildman–Crippen LogP) is 0.990. The third kappa shape index (κ3) is 3.98. The lowest BCUT2D eigenvalue weighted by Crippen LogP contribution is -2.37. The number of nitrogens with two attached hydrogens (primary N) is 2. The van der Waals surface area contributed by atoms with E-state index in [0.717, 1.165) is 18.0 Å². The molecule has 1 amide bonds. The molecule has 0 saturated heterocycles. The van der Waals surface area contributed by atoms with Crippen molar-refractivity contribution in [2.45, 2.75) is 25.8 Å². The van der Waals surface area contributed by atoms with Crippen LogP contribution in [0.4, 0.5) is 0 Å². The van der Waals surface area contributed by atoms with Crippen molar-refractivity contribution in [3.63, 3.8) is 0 Å². The Kier molecular flexibility index (Phi) is 4.39. The minimum absolute atomic E-state index is 0.429. The molecular weight excluding hydrogens is 240 g/mol. The molecule has 5 nitrogen and oxygen atoms in total. The van der Waals surface area contributed by atoms with Crippen LogP contribution in [0, 0.1) is 5.92 Å². The molecule has 5 N–H and O–H groups in total. The second-order valence-electron chi connectivity index (χ2n) is 4.94. The van der Waals surface area contributed by atoms with Crippen molar-refractivity contribution in [2.75, 3.05) is 6.54 Å². The van der Waals surface area contributed by atoms with Crippen LogP contribution in [0.1, 0.15) is 35.2 Å². The third-order valence-electron chi connectivity index (χ3n) is 3.44. The molecule has 0 aliphatic heterocycles. The van der Waals surface area contributed by atoms with Crippen LogP contribution in [-0.2, 0) is 6.54 Å². The van der Waals surface area contributed by atoms with Gasteiger partial charge in [0.05, 0.1) is 6.54 Å². The van der Waals surface area contributed by atoms with E-state index in [1.807, 2.05) is 6.07 Å². The van der Waals surface area contributed by atoms with Gasteiger partial charge in [0.1, 0.15) is 0 Å². The second kappa shape index (κ2) is 6.22. The van der Waals surface area contributed by atoms with Gasteiger partial charge in [0, 0.05) is 12.1 Å². The van der Waals surface area contributed by atoms with Gasteiger partial charge in [0.15, 0.2) is 5.96 Å². The van der Waals surface area contributed by atoms with Crippen molar-refractivity contribution in [1.82, 2.24) is 5.32 Å². The Morgan fingerprint density at radius 1 is 1.37 bits per heavy atom. The first-order valence-corrected chi connectivity index (χ1v) is 6.57. The maximum absolute atomic E-state index is 11.1. The van der Waals surface area contributed by atoms with Gasteiger partial charge < -0.3 is 16.8 Å². The van der Waals surface area contributed by atoms with Crippen molar-refractivity contribution in [2.24, 2.45) is 22.4 Å². The lowest BCUT2D eigenvalue weighted by Gasteiger charge is -2.25. The van der Waals surface area contributed by atoms with Gasteiger partial charge in [-0.05, 0) is 36.5 Å². The number of rotatable bonds is 5. The largest absolute Gasteiger partial charge is 0.370 e. The molecular formula is C14H20N4O. The highest BCUT2D eigenvalue weighted by molar-refractivity contribution is 5.92. The van der Waals surface area contributed by atoms with E-state index in [4.69, 9.17) is 11.5 Å². The zero-order chi connectivity index (χ0) is 13.7. The van der Waals surface area contributed by atoms with Crippen molar-refractivity contribution in [1.29, 1.82) is 0 Å². The normalized spacial score (nSPS) is 15.9. The van der Waals surface area contributed by atoms with E-state index < -0.39 is 5.91 Å². The molecule has 0 bridgehead atoms. The van der Waals surface area contributed by atoms with Gasteiger partial charge in [0.2, 0.25) is 5.91 Å². The number of nitrogens with one attached hydrogen (secondary N) is 1. The van der Waals surface area contributed by atoms with Crippen LogP contribution in [0.2, 0.25) is 0 Å². The fraction of sp³-hybridized carbons (Fsp3) is 0.429. The van der Waals surface area contributed by atoms with E-state index in [1.165, 1.54) is 19.3 Å². The zero-order valence-electron chi connectivity index (χ0n) is 10.9. The van der Waals surface area contributed by atoms with Gasteiger partial charge in [-0.3, -0.25) is 4.79 Å². The summed E-state index contributed by atoms with van der Waals surface area (Å²) in [5.41, 5.74) is 12.4. The molecule has 1 fully saturated rings. The number of carbonyl (C=O) groups excluding carboxylic acids is 1. The van der Waals surface area contributed by atoms with Crippen molar-refractivity contribution in [3.8, 4) is 0 Å².